The average molecular weight is 382 g/mol. The molecular formula is C17H17Cl2N3O3. The zero-order valence-corrected chi connectivity index (χ0v) is 15.0. The van der Waals surface area contributed by atoms with Crippen LogP contribution in [-0.2, 0) is 6.54 Å². The van der Waals surface area contributed by atoms with Crippen LogP contribution in [0.15, 0.2) is 35.3 Å². The number of guanidine groups is 1. The number of methoxy groups -OCH3 is 1. The highest BCUT2D eigenvalue weighted by Gasteiger charge is 2.16. The van der Waals surface area contributed by atoms with Gasteiger partial charge < -0.3 is 25.3 Å². The smallest absolute Gasteiger partial charge is 0.193 e. The van der Waals surface area contributed by atoms with Gasteiger partial charge >= 0.3 is 0 Å². The van der Waals surface area contributed by atoms with Crippen molar-refractivity contribution in [1.82, 2.24) is 0 Å². The molecule has 25 heavy (non-hydrogen) atoms. The summed E-state index contributed by atoms with van der Waals surface area (Å²) in [6, 6.07) is 8.90. The van der Waals surface area contributed by atoms with E-state index in [0.29, 0.717) is 52.7 Å². The van der Waals surface area contributed by atoms with Gasteiger partial charge in [-0.25, -0.2) is 4.99 Å². The van der Waals surface area contributed by atoms with Crippen LogP contribution in [0, 0.1) is 0 Å². The summed E-state index contributed by atoms with van der Waals surface area (Å²) in [5.41, 5.74) is 7.51. The van der Waals surface area contributed by atoms with Crippen LogP contribution in [-0.4, -0.2) is 26.3 Å². The van der Waals surface area contributed by atoms with Gasteiger partial charge in [-0.2, -0.15) is 0 Å². The molecule has 0 aromatic heterocycles. The molecule has 0 amide bonds. The highest BCUT2D eigenvalue weighted by atomic mass is 35.5. The quantitative estimate of drug-likeness (QED) is 0.623. The Morgan fingerprint density at radius 1 is 1.20 bits per heavy atom. The van der Waals surface area contributed by atoms with Crippen molar-refractivity contribution >= 4 is 34.8 Å². The number of nitrogens with one attached hydrogen (secondary N) is 1. The first-order valence-corrected chi connectivity index (χ1v) is 8.31. The number of nitrogens with two attached hydrogens (primary N) is 1. The van der Waals surface area contributed by atoms with Gasteiger partial charge in [0, 0.05) is 5.69 Å². The Bertz CT molecular complexity index is 812. The van der Waals surface area contributed by atoms with Crippen LogP contribution in [0.25, 0.3) is 0 Å². The van der Waals surface area contributed by atoms with Crippen LogP contribution in [0.4, 0.5) is 5.69 Å². The van der Waals surface area contributed by atoms with Crippen LogP contribution in [0.2, 0.25) is 10.0 Å². The zero-order chi connectivity index (χ0) is 17.8. The summed E-state index contributed by atoms with van der Waals surface area (Å²) in [5.74, 6) is 2.04. The fourth-order valence-corrected chi connectivity index (χ4v) is 2.91. The van der Waals surface area contributed by atoms with Gasteiger partial charge in [0.1, 0.15) is 19.0 Å². The van der Waals surface area contributed by atoms with Crippen molar-refractivity contribution in [3.63, 3.8) is 0 Å². The number of halogens is 2. The fourth-order valence-electron chi connectivity index (χ4n) is 2.36. The monoisotopic (exact) mass is 381 g/mol. The normalized spacial score (nSPS) is 13.5. The molecule has 0 bridgehead atoms. The van der Waals surface area contributed by atoms with Crippen LogP contribution in [0.1, 0.15) is 5.56 Å². The van der Waals surface area contributed by atoms with Crippen LogP contribution >= 0.6 is 23.2 Å². The van der Waals surface area contributed by atoms with E-state index in [2.05, 4.69) is 10.3 Å². The molecule has 3 N–H and O–H groups in total. The van der Waals surface area contributed by atoms with E-state index in [-0.39, 0.29) is 5.96 Å². The summed E-state index contributed by atoms with van der Waals surface area (Å²) in [7, 11) is 1.56. The third-order valence-electron chi connectivity index (χ3n) is 3.51. The van der Waals surface area contributed by atoms with Crippen molar-refractivity contribution < 1.29 is 14.2 Å². The van der Waals surface area contributed by atoms with Gasteiger partial charge in [-0.3, -0.25) is 0 Å². The Kier molecular flexibility index (Phi) is 5.40. The van der Waals surface area contributed by atoms with E-state index in [4.69, 9.17) is 43.1 Å². The van der Waals surface area contributed by atoms with Crippen molar-refractivity contribution in [3.05, 3.63) is 45.9 Å². The SMILES string of the molecule is COc1ccc(NC(N)=NCc2cc(Cl)c3c(c2)OCCO3)cc1Cl. The molecule has 2 aromatic carbocycles. The summed E-state index contributed by atoms with van der Waals surface area (Å²) >= 11 is 12.3. The molecule has 0 saturated heterocycles. The van der Waals surface area contributed by atoms with Gasteiger partial charge in [0.05, 0.1) is 23.7 Å². The van der Waals surface area contributed by atoms with Crippen molar-refractivity contribution in [3.8, 4) is 17.2 Å². The predicted octanol–water partition coefficient (Wildman–Crippen LogP) is 3.70. The Hall–Kier alpha value is -2.31. The van der Waals surface area contributed by atoms with Crippen LogP contribution in [0.5, 0.6) is 17.2 Å². The maximum Gasteiger partial charge on any atom is 0.193 e. The van der Waals surface area contributed by atoms with Crippen molar-refractivity contribution in [2.75, 3.05) is 25.6 Å². The molecule has 0 atom stereocenters. The van der Waals surface area contributed by atoms with Gasteiger partial charge in [-0.1, -0.05) is 23.2 Å². The minimum Gasteiger partial charge on any atom is -0.495 e. The summed E-state index contributed by atoms with van der Waals surface area (Å²) < 4.78 is 16.2. The lowest BCUT2D eigenvalue weighted by molar-refractivity contribution is 0.171. The fraction of sp³-hybridized carbons (Fsp3) is 0.235. The second kappa shape index (κ2) is 7.72. The molecule has 0 radical (unpaired) electrons. The van der Waals surface area contributed by atoms with Crippen molar-refractivity contribution in [2.24, 2.45) is 10.7 Å². The number of hydrogen-bond acceptors (Lipinski definition) is 4. The zero-order valence-electron chi connectivity index (χ0n) is 13.5. The van der Waals surface area contributed by atoms with E-state index in [1.54, 1.807) is 31.4 Å². The van der Waals surface area contributed by atoms with Gasteiger partial charge in [-0.05, 0) is 35.9 Å². The Morgan fingerprint density at radius 3 is 2.76 bits per heavy atom. The summed E-state index contributed by atoms with van der Waals surface area (Å²) in [6.07, 6.45) is 0. The molecule has 1 heterocycles. The molecule has 0 saturated carbocycles. The standard InChI is InChI=1S/C17H17Cl2N3O3/c1-23-14-3-2-11(8-12(14)18)22-17(20)21-9-10-6-13(19)16-15(7-10)24-4-5-25-16/h2-3,6-8H,4-5,9H2,1H3,(H3,20,21,22). The first-order valence-electron chi connectivity index (χ1n) is 7.55. The molecule has 0 unspecified atom stereocenters. The minimum absolute atomic E-state index is 0.257. The molecule has 0 spiro atoms. The number of nitrogens with zero attached hydrogens (tertiary/aromatic N) is 1. The number of anilines is 1. The lowest BCUT2D eigenvalue weighted by Gasteiger charge is -2.20. The topological polar surface area (TPSA) is 78.1 Å². The number of rotatable bonds is 4. The number of benzene rings is 2. The third-order valence-corrected chi connectivity index (χ3v) is 4.09. The maximum atomic E-state index is 6.21. The second-order valence-electron chi connectivity index (χ2n) is 5.28. The van der Waals surface area contributed by atoms with Gasteiger partial charge in [0.2, 0.25) is 0 Å². The summed E-state index contributed by atoms with van der Waals surface area (Å²) in [6.45, 7) is 1.34. The Morgan fingerprint density at radius 2 is 2.00 bits per heavy atom. The van der Waals surface area contributed by atoms with Crippen molar-refractivity contribution in [1.29, 1.82) is 0 Å². The molecule has 1 aliphatic rings. The third kappa shape index (κ3) is 4.21. The number of fused-ring (bicyclic) bond motifs is 1. The minimum atomic E-state index is 0.257. The van der Waals surface area contributed by atoms with Gasteiger partial charge in [0.15, 0.2) is 17.5 Å². The Labute approximate surface area is 155 Å². The highest BCUT2D eigenvalue weighted by Crippen LogP contribution is 2.38. The lowest BCUT2D eigenvalue weighted by Crippen LogP contribution is -2.22. The van der Waals surface area contributed by atoms with Crippen molar-refractivity contribution in [2.45, 2.75) is 6.54 Å². The molecule has 0 fully saturated rings. The van der Waals surface area contributed by atoms with Crippen LogP contribution < -0.4 is 25.3 Å². The number of ether oxygens (including phenoxy) is 3. The molecule has 0 aliphatic carbocycles. The predicted molar refractivity (Wildman–Crippen MR) is 99.4 cm³/mol. The molecular weight excluding hydrogens is 365 g/mol. The number of aliphatic imine (C=N–C) groups is 1. The van der Waals surface area contributed by atoms with Crippen LogP contribution in [0.3, 0.4) is 0 Å². The summed E-state index contributed by atoms with van der Waals surface area (Å²) in [5, 5.41) is 3.96. The first-order chi connectivity index (χ1) is 12.1. The molecule has 8 heteroatoms. The molecule has 1 aliphatic heterocycles. The van der Waals surface area contributed by atoms with Gasteiger partial charge in [-0.15, -0.1) is 0 Å². The molecule has 132 valence electrons. The van der Waals surface area contributed by atoms with E-state index < -0.39 is 0 Å². The average Bonchev–Trinajstić information content (AvgIpc) is 2.60. The first kappa shape index (κ1) is 17.5. The lowest BCUT2D eigenvalue weighted by atomic mass is 10.2. The Balaban J connectivity index is 1.69. The van der Waals surface area contributed by atoms with E-state index >= 15 is 0 Å². The number of hydrogen-bond donors (Lipinski definition) is 2. The van der Waals surface area contributed by atoms with E-state index in [1.807, 2.05) is 6.07 Å². The van der Waals surface area contributed by atoms with E-state index in [9.17, 15) is 0 Å². The second-order valence-corrected chi connectivity index (χ2v) is 6.09. The molecule has 3 rings (SSSR count). The highest BCUT2D eigenvalue weighted by molar-refractivity contribution is 6.32. The van der Waals surface area contributed by atoms with E-state index in [1.165, 1.54) is 0 Å². The van der Waals surface area contributed by atoms with E-state index in [0.717, 1.165) is 5.56 Å². The van der Waals surface area contributed by atoms with Gasteiger partial charge in [0.25, 0.3) is 0 Å². The molecule has 2 aromatic rings. The summed E-state index contributed by atoms with van der Waals surface area (Å²) in [4.78, 5) is 4.31. The maximum absolute atomic E-state index is 6.21. The largest absolute Gasteiger partial charge is 0.495 e. The molecule has 6 nitrogen and oxygen atoms in total.